The zero-order valence-electron chi connectivity index (χ0n) is 18.7. The molecular weight excluding hydrogens is 454 g/mol. The standard InChI is InChI=1S/C23H30ClNO6S/c1-4-30-21(26)18-12-16(24)7-9-20(18)32-17-8-6-14-13-25(23(28)29-3)19(11-15(14)10-17)22(27)31-5-2/h7,9,12,14-15,17,19H,4-6,8,10-11,13H2,1-3H3/t14-,15-,17-,19-/m0/s1. The van der Waals surface area contributed by atoms with Crippen molar-refractivity contribution in [1.82, 2.24) is 4.90 Å². The van der Waals surface area contributed by atoms with Crippen molar-refractivity contribution in [3.05, 3.63) is 28.8 Å². The SMILES string of the molecule is CCOC(=O)c1cc(Cl)ccc1S[C@H]1CC[C@H]2CN(C(=O)OC)[C@H](C(=O)OCC)C[C@@H]2C1. The summed E-state index contributed by atoms with van der Waals surface area (Å²) >= 11 is 7.77. The monoisotopic (exact) mass is 483 g/mol. The molecule has 1 amide bonds. The van der Waals surface area contributed by atoms with Gasteiger partial charge in [-0.2, -0.15) is 0 Å². The van der Waals surface area contributed by atoms with Crippen molar-refractivity contribution in [2.24, 2.45) is 11.8 Å². The fourth-order valence-corrected chi connectivity index (χ4v) is 6.19. The molecule has 4 atom stereocenters. The number of likely N-dealkylation sites (tertiary alicyclic amines) is 1. The Balaban J connectivity index is 1.73. The van der Waals surface area contributed by atoms with E-state index in [0.717, 1.165) is 24.2 Å². The number of benzene rings is 1. The molecule has 0 N–H and O–H groups in total. The number of ether oxygens (including phenoxy) is 3. The maximum absolute atomic E-state index is 12.5. The molecule has 0 aromatic heterocycles. The highest BCUT2D eigenvalue weighted by molar-refractivity contribution is 8.00. The van der Waals surface area contributed by atoms with E-state index >= 15 is 0 Å². The molecular formula is C23H30ClNO6S. The number of rotatable bonds is 6. The summed E-state index contributed by atoms with van der Waals surface area (Å²) in [5.41, 5.74) is 0.483. The zero-order chi connectivity index (χ0) is 23.3. The molecule has 3 rings (SSSR count). The number of piperidine rings is 1. The predicted octanol–water partition coefficient (Wildman–Crippen LogP) is 4.80. The lowest BCUT2D eigenvalue weighted by Crippen LogP contribution is -2.55. The van der Waals surface area contributed by atoms with Crippen LogP contribution >= 0.6 is 23.4 Å². The van der Waals surface area contributed by atoms with E-state index in [4.69, 9.17) is 25.8 Å². The number of amides is 1. The number of hydrogen-bond donors (Lipinski definition) is 0. The van der Waals surface area contributed by atoms with Crippen LogP contribution in [0.1, 0.15) is 49.9 Å². The third-order valence-corrected chi connectivity index (χ3v) is 7.73. The fourth-order valence-electron chi connectivity index (χ4n) is 4.65. The Morgan fingerprint density at radius 3 is 2.53 bits per heavy atom. The minimum Gasteiger partial charge on any atom is -0.464 e. The van der Waals surface area contributed by atoms with Crippen molar-refractivity contribution in [3.63, 3.8) is 0 Å². The van der Waals surface area contributed by atoms with Gasteiger partial charge < -0.3 is 14.2 Å². The van der Waals surface area contributed by atoms with Crippen molar-refractivity contribution in [2.45, 2.75) is 55.7 Å². The van der Waals surface area contributed by atoms with Crippen LogP contribution in [0.15, 0.2) is 23.1 Å². The van der Waals surface area contributed by atoms with Crippen LogP contribution in [0.2, 0.25) is 5.02 Å². The summed E-state index contributed by atoms with van der Waals surface area (Å²) < 4.78 is 15.3. The number of carbonyl (C=O) groups is 3. The first-order chi connectivity index (χ1) is 15.4. The Bertz CT molecular complexity index is 850. The normalized spacial score (nSPS) is 24.9. The van der Waals surface area contributed by atoms with E-state index < -0.39 is 12.1 Å². The van der Waals surface area contributed by atoms with Gasteiger partial charge >= 0.3 is 18.0 Å². The Labute approximate surface area is 198 Å². The molecule has 0 radical (unpaired) electrons. The third kappa shape index (κ3) is 5.70. The van der Waals surface area contributed by atoms with Gasteiger partial charge in [0, 0.05) is 21.7 Å². The molecule has 9 heteroatoms. The van der Waals surface area contributed by atoms with Gasteiger partial charge in [-0.25, -0.2) is 14.4 Å². The average molecular weight is 484 g/mol. The molecule has 1 aromatic carbocycles. The van der Waals surface area contributed by atoms with Crippen molar-refractivity contribution in [3.8, 4) is 0 Å². The van der Waals surface area contributed by atoms with Crippen LogP contribution in [0.3, 0.4) is 0 Å². The number of carbonyl (C=O) groups excluding carboxylic acids is 3. The van der Waals surface area contributed by atoms with Crippen LogP contribution in [0.4, 0.5) is 4.79 Å². The molecule has 0 bridgehead atoms. The lowest BCUT2D eigenvalue weighted by atomic mass is 9.73. The van der Waals surface area contributed by atoms with E-state index in [1.807, 2.05) is 6.07 Å². The molecule has 2 aliphatic rings. The van der Waals surface area contributed by atoms with Crippen molar-refractivity contribution >= 4 is 41.4 Å². The van der Waals surface area contributed by atoms with Gasteiger partial charge in [0.15, 0.2) is 0 Å². The first kappa shape index (κ1) is 24.7. The molecule has 1 saturated heterocycles. The topological polar surface area (TPSA) is 82.1 Å². The second kappa shape index (κ2) is 11.3. The van der Waals surface area contributed by atoms with Gasteiger partial charge in [-0.3, -0.25) is 4.90 Å². The van der Waals surface area contributed by atoms with Crippen LogP contribution in [-0.4, -0.2) is 61.1 Å². The van der Waals surface area contributed by atoms with Crippen LogP contribution in [0.25, 0.3) is 0 Å². The molecule has 2 fully saturated rings. The average Bonchev–Trinajstić information content (AvgIpc) is 2.79. The molecule has 1 aliphatic heterocycles. The van der Waals surface area contributed by atoms with Gasteiger partial charge in [-0.05, 0) is 69.6 Å². The first-order valence-corrected chi connectivity index (χ1v) is 12.3. The van der Waals surface area contributed by atoms with Crippen molar-refractivity contribution in [1.29, 1.82) is 0 Å². The van der Waals surface area contributed by atoms with E-state index in [0.29, 0.717) is 36.1 Å². The third-order valence-electron chi connectivity index (χ3n) is 6.12. The lowest BCUT2D eigenvalue weighted by Gasteiger charge is -2.46. The molecule has 0 spiro atoms. The molecule has 1 aliphatic carbocycles. The quantitative estimate of drug-likeness (QED) is 0.424. The maximum atomic E-state index is 12.5. The number of esters is 2. The number of hydrogen-bond acceptors (Lipinski definition) is 7. The van der Waals surface area contributed by atoms with E-state index in [1.165, 1.54) is 12.0 Å². The van der Waals surface area contributed by atoms with E-state index in [9.17, 15) is 14.4 Å². The van der Waals surface area contributed by atoms with Gasteiger partial charge in [0.25, 0.3) is 0 Å². The molecule has 32 heavy (non-hydrogen) atoms. The fraction of sp³-hybridized carbons (Fsp3) is 0.609. The Kier molecular flexibility index (Phi) is 8.71. The van der Waals surface area contributed by atoms with Crippen LogP contribution in [0.5, 0.6) is 0 Å². The number of halogens is 1. The predicted molar refractivity (Wildman–Crippen MR) is 122 cm³/mol. The summed E-state index contributed by atoms with van der Waals surface area (Å²) in [6, 6.07) is 4.67. The lowest BCUT2D eigenvalue weighted by molar-refractivity contribution is -0.152. The summed E-state index contributed by atoms with van der Waals surface area (Å²) in [7, 11) is 1.33. The van der Waals surface area contributed by atoms with Gasteiger partial charge in [-0.1, -0.05) is 11.6 Å². The zero-order valence-corrected chi connectivity index (χ0v) is 20.2. The summed E-state index contributed by atoms with van der Waals surface area (Å²) in [5.74, 6) is -0.158. The van der Waals surface area contributed by atoms with Crippen LogP contribution < -0.4 is 0 Å². The van der Waals surface area contributed by atoms with Gasteiger partial charge in [0.1, 0.15) is 6.04 Å². The smallest absolute Gasteiger partial charge is 0.410 e. The highest BCUT2D eigenvalue weighted by Crippen LogP contribution is 2.45. The van der Waals surface area contributed by atoms with E-state index in [1.54, 1.807) is 37.7 Å². The number of nitrogens with zero attached hydrogens (tertiary/aromatic N) is 1. The van der Waals surface area contributed by atoms with Gasteiger partial charge in [0.2, 0.25) is 0 Å². The Hall–Kier alpha value is -1.93. The minimum atomic E-state index is -0.627. The largest absolute Gasteiger partial charge is 0.464 e. The summed E-state index contributed by atoms with van der Waals surface area (Å²) in [6.45, 7) is 4.59. The Morgan fingerprint density at radius 2 is 1.84 bits per heavy atom. The minimum absolute atomic E-state index is 0.268. The van der Waals surface area contributed by atoms with E-state index in [2.05, 4.69) is 0 Å². The van der Waals surface area contributed by atoms with Crippen molar-refractivity contribution in [2.75, 3.05) is 26.9 Å². The highest BCUT2D eigenvalue weighted by Gasteiger charge is 2.45. The molecule has 1 heterocycles. The van der Waals surface area contributed by atoms with Crippen LogP contribution in [0, 0.1) is 11.8 Å². The number of thioether (sulfide) groups is 1. The van der Waals surface area contributed by atoms with Crippen LogP contribution in [-0.2, 0) is 19.0 Å². The van der Waals surface area contributed by atoms with Gasteiger partial charge in [0.05, 0.1) is 25.9 Å². The maximum Gasteiger partial charge on any atom is 0.410 e. The number of fused-ring (bicyclic) bond motifs is 1. The molecule has 1 saturated carbocycles. The highest BCUT2D eigenvalue weighted by atomic mass is 35.5. The summed E-state index contributed by atoms with van der Waals surface area (Å²) in [4.78, 5) is 39.6. The molecule has 1 aromatic rings. The van der Waals surface area contributed by atoms with Crippen molar-refractivity contribution < 1.29 is 28.6 Å². The second-order valence-corrected chi connectivity index (χ2v) is 9.84. The van der Waals surface area contributed by atoms with Gasteiger partial charge in [-0.15, -0.1) is 11.8 Å². The summed E-state index contributed by atoms with van der Waals surface area (Å²) in [5, 5.41) is 0.784. The molecule has 176 valence electrons. The molecule has 7 nitrogen and oxygen atoms in total. The summed E-state index contributed by atoms with van der Waals surface area (Å²) in [6.07, 6.45) is 2.86. The molecule has 0 unspecified atom stereocenters. The van der Waals surface area contributed by atoms with E-state index in [-0.39, 0.29) is 29.7 Å². The number of methoxy groups -OCH3 is 1. The first-order valence-electron chi connectivity index (χ1n) is 11.0. The Morgan fingerprint density at radius 1 is 1.09 bits per heavy atom. The second-order valence-electron chi connectivity index (χ2n) is 8.06.